The summed E-state index contributed by atoms with van der Waals surface area (Å²) in [5, 5.41) is 2.57. The maximum absolute atomic E-state index is 5.38. The number of rotatable bonds is 2. The minimum absolute atomic E-state index is 0.921. The normalized spacial score (nSPS) is 11.2. The van der Waals surface area contributed by atoms with Crippen LogP contribution in [-0.4, -0.2) is 11.7 Å². The van der Waals surface area contributed by atoms with Gasteiger partial charge in [-0.25, -0.2) is 0 Å². The van der Waals surface area contributed by atoms with Gasteiger partial charge in [0.1, 0.15) is 5.75 Å². The van der Waals surface area contributed by atoms with Crippen LogP contribution in [0.5, 0.6) is 5.75 Å². The van der Waals surface area contributed by atoms with Gasteiger partial charge < -0.3 is 9.30 Å². The summed E-state index contributed by atoms with van der Waals surface area (Å²) in [6, 6.07) is 23.4. The van der Waals surface area contributed by atoms with Gasteiger partial charge in [-0.3, -0.25) is 0 Å². The van der Waals surface area contributed by atoms with Crippen molar-refractivity contribution in [1.29, 1.82) is 0 Å². The maximum atomic E-state index is 5.38. The van der Waals surface area contributed by atoms with Crippen LogP contribution in [0.15, 0.2) is 66.7 Å². The van der Waals surface area contributed by atoms with Crippen molar-refractivity contribution in [2.75, 3.05) is 7.11 Å². The van der Waals surface area contributed by atoms with E-state index in [0.717, 1.165) is 17.0 Å². The van der Waals surface area contributed by atoms with Gasteiger partial charge in [0.2, 0.25) is 0 Å². The molecule has 22 heavy (non-hydrogen) atoms. The monoisotopic (exact) mass is 287 g/mol. The predicted octanol–water partition coefficient (Wildman–Crippen LogP) is 5.10. The molecule has 0 spiro atoms. The quantitative estimate of drug-likeness (QED) is 0.500. The lowest BCUT2D eigenvalue weighted by Gasteiger charge is -2.11. The number of hydrogen-bond donors (Lipinski definition) is 0. The predicted molar refractivity (Wildman–Crippen MR) is 92.1 cm³/mol. The fourth-order valence-corrected chi connectivity index (χ4v) is 3.20. The van der Waals surface area contributed by atoms with E-state index in [0.29, 0.717) is 0 Å². The molecule has 0 N–H and O–H groups in total. The second kappa shape index (κ2) is 4.92. The third-order valence-corrected chi connectivity index (χ3v) is 4.22. The molecule has 0 fully saturated rings. The molecule has 0 aliphatic carbocycles. The second-order valence-corrected chi connectivity index (χ2v) is 5.52. The Balaban J connectivity index is 2.10. The zero-order valence-corrected chi connectivity index (χ0v) is 12.7. The average Bonchev–Trinajstić information content (AvgIpc) is 2.89. The standard InChI is InChI=1S/C20H17NO/c1-14-13-15(11-12-20(14)22-2)21-18-9-5-3-7-16(18)17-8-4-6-10-19(17)21/h3-13H,1-2H3. The zero-order valence-electron chi connectivity index (χ0n) is 12.7. The number of ether oxygens (including phenoxy) is 1. The molecule has 3 aromatic carbocycles. The molecule has 0 amide bonds. The van der Waals surface area contributed by atoms with Crippen LogP contribution in [0.2, 0.25) is 0 Å². The number of aromatic nitrogens is 1. The highest BCUT2D eigenvalue weighted by molar-refractivity contribution is 6.09. The lowest BCUT2D eigenvalue weighted by atomic mass is 10.2. The molecule has 0 radical (unpaired) electrons. The summed E-state index contributed by atoms with van der Waals surface area (Å²) in [5.41, 5.74) is 4.76. The van der Waals surface area contributed by atoms with Gasteiger partial charge in [-0.05, 0) is 42.8 Å². The van der Waals surface area contributed by atoms with Gasteiger partial charge in [-0.2, -0.15) is 0 Å². The Hall–Kier alpha value is -2.74. The molecule has 0 atom stereocenters. The number of para-hydroxylation sites is 2. The first kappa shape index (κ1) is 13.0. The summed E-state index contributed by atoms with van der Waals surface area (Å²) >= 11 is 0. The number of fused-ring (bicyclic) bond motifs is 3. The molecule has 0 aliphatic heterocycles. The number of benzene rings is 3. The highest BCUT2D eigenvalue weighted by Crippen LogP contribution is 2.32. The van der Waals surface area contributed by atoms with Crippen LogP contribution in [0.25, 0.3) is 27.5 Å². The van der Waals surface area contributed by atoms with Crippen molar-refractivity contribution in [2.24, 2.45) is 0 Å². The van der Waals surface area contributed by atoms with E-state index >= 15 is 0 Å². The van der Waals surface area contributed by atoms with Gasteiger partial charge in [0.25, 0.3) is 0 Å². The zero-order chi connectivity index (χ0) is 15.1. The number of nitrogens with zero attached hydrogens (tertiary/aromatic N) is 1. The summed E-state index contributed by atoms with van der Waals surface area (Å²) < 4.78 is 7.70. The third kappa shape index (κ3) is 1.81. The van der Waals surface area contributed by atoms with Crippen LogP contribution in [0.4, 0.5) is 0 Å². The fraction of sp³-hybridized carbons (Fsp3) is 0.100. The molecule has 0 saturated heterocycles. The topological polar surface area (TPSA) is 14.2 Å². The van der Waals surface area contributed by atoms with E-state index in [2.05, 4.69) is 72.2 Å². The Kier molecular flexibility index (Phi) is 2.90. The van der Waals surface area contributed by atoms with Gasteiger partial charge in [-0.15, -0.1) is 0 Å². The van der Waals surface area contributed by atoms with Gasteiger partial charge in [0.05, 0.1) is 18.1 Å². The van der Waals surface area contributed by atoms with E-state index in [1.54, 1.807) is 7.11 Å². The van der Waals surface area contributed by atoms with Crippen LogP contribution in [-0.2, 0) is 0 Å². The number of methoxy groups -OCH3 is 1. The van der Waals surface area contributed by atoms with E-state index in [1.807, 2.05) is 6.07 Å². The Morgan fingerprint density at radius 1 is 0.773 bits per heavy atom. The first-order chi connectivity index (χ1) is 10.8. The first-order valence-electron chi connectivity index (χ1n) is 7.43. The van der Waals surface area contributed by atoms with Crippen molar-refractivity contribution in [3.63, 3.8) is 0 Å². The van der Waals surface area contributed by atoms with Crippen LogP contribution in [0.3, 0.4) is 0 Å². The van der Waals surface area contributed by atoms with Crippen LogP contribution in [0.1, 0.15) is 5.56 Å². The smallest absolute Gasteiger partial charge is 0.121 e. The molecule has 2 nitrogen and oxygen atoms in total. The summed E-state index contributed by atoms with van der Waals surface area (Å²) in [4.78, 5) is 0. The van der Waals surface area contributed by atoms with Crippen molar-refractivity contribution in [3.05, 3.63) is 72.3 Å². The van der Waals surface area contributed by atoms with Crippen molar-refractivity contribution >= 4 is 21.8 Å². The molecule has 4 rings (SSSR count). The van der Waals surface area contributed by atoms with E-state index in [-0.39, 0.29) is 0 Å². The van der Waals surface area contributed by atoms with Gasteiger partial charge in [-0.1, -0.05) is 36.4 Å². The van der Waals surface area contributed by atoms with Crippen molar-refractivity contribution < 1.29 is 4.74 Å². The van der Waals surface area contributed by atoms with Gasteiger partial charge >= 0.3 is 0 Å². The number of hydrogen-bond acceptors (Lipinski definition) is 1. The maximum Gasteiger partial charge on any atom is 0.121 e. The molecule has 0 aliphatic rings. The van der Waals surface area contributed by atoms with Crippen molar-refractivity contribution in [1.82, 2.24) is 4.57 Å². The molecule has 0 saturated carbocycles. The largest absolute Gasteiger partial charge is 0.496 e. The van der Waals surface area contributed by atoms with Crippen LogP contribution < -0.4 is 4.74 Å². The summed E-state index contributed by atoms with van der Waals surface area (Å²) in [6.45, 7) is 2.08. The number of aryl methyl sites for hydroxylation is 1. The summed E-state index contributed by atoms with van der Waals surface area (Å²) in [5.74, 6) is 0.921. The lowest BCUT2D eigenvalue weighted by molar-refractivity contribution is 0.411. The van der Waals surface area contributed by atoms with E-state index in [4.69, 9.17) is 4.74 Å². The molecule has 108 valence electrons. The lowest BCUT2D eigenvalue weighted by Crippen LogP contribution is -1.95. The molecule has 1 heterocycles. The molecule has 1 aromatic heterocycles. The average molecular weight is 287 g/mol. The van der Waals surface area contributed by atoms with Crippen molar-refractivity contribution in [2.45, 2.75) is 6.92 Å². The Morgan fingerprint density at radius 3 is 1.91 bits per heavy atom. The van der Waals surface area contributed by atoms with Crippen LogP contribution in [0, 0.1) is 6.92 Å². The summed E-state index contributed by atoms with van der Waals surface area (Å²) in [7, 11) is 1.71. The molecular formula is C20H17NO. The van der Waals surface area contributed by atoms with Crippen LogP contribution >= 0.6 is 0 Å². The van der Waals surface area contributed by atoms with Gasteiger partial charge in [0, 0.05) is 16.5 Å². The Morgan fingerprint density at radius 2 is 1.36 bits per heavy atom. The molecular weight excluding hydrogens is 270 g/mol. The minimum Gasteiger partial charge on any atom is -0.496 e. The SMILES string of the molecule is COc1ccc(-n2c3ccccc3c3ccccc32)cc1C. The highest BCUT2D eigenvalue weighted by Gasteiger charge is 2.11. The Labute approximate surface area is 129 Å². The molecule has 0 unspecified atom stereocenters. The minimum atomic E-state index is 0.921. The van der Waals surface area contributed by atoms with Crippen molar-refractivity contribution in [3.8, 4) is 11.4 Å². The van der Waals surface area contributed by atoms with E-state index in [9.17, 15) is 0 Å². The summed E-state index contributed by atoms with van der Waals surface area (Å²) in [6.07, 6.45) is 0. The van der Waals surface area contributed by atoms with E-state index in [1.165, 1.54) is 21.8 Å². The highest BCUT2D eigenvalue weighted by atomic mass is 16.5. The first-order valence-corrected chi connectivity index (χ1v) is 7.43. The third-order valence-electron chi connectivity index (χ3n) is 4.22. The molecule has 2 heteroatoms. The second-order valence-electron chi connectivity index (χ2n) is 5.52. The van der Waals surface area contributed by atoms with Gasteiger partial charge in [0.15, 0.2) is 0 Å². The van der Waals surface area contributed by atoms with E-state index < -0.39 is 0 Å². The fourth-order valence-electron chi connectivity index (χ4n) is 3.20. The molecule has 4 aromatic rings. The Bertz CT molecular complexity index is 928. The molecule has 0 bridgehead atoms.